The van der Waals surface area contributed by atoms with Crippen molar-refractivity contribution in [1.82, 2.24) is 10.2 Å². The molecule has 0 aliphatic carbocycles. The van der Waals surface area contributed by atoms with Crippen LogP contribution in [0.3, 0.4) is 0 Å². The van der Waals surface area contributed by atoms with Gasteiger partial charge in [-0.2, -0.15) is 0 Å². The Labute approximate surface area is 97.4 Å². The number of rotatable bonds is 5. The molecule has 92 valence electrons. The summed E-state index contributed by atoms with van der Waals surface area (Å²) in [5.74, 6) is 0.707. The average molecular weight is 226 g/mol. The molecule has 1 amide bonds. The minimum Gasteiger partial charge on any atom is -0.359 e. The van der Waals surface area contributed by atoms with Crippen LogP contribution in [0.2, 0.25) is 0 Å². The smallest absolute Gasteiger partial charge is 0.219 e. The van der Waals surface area contributed by atoms with Gasteiger partial charge in [-0.05, 0) is 45.8 Å². The topological polar surface area (TPSA) is 49.4 Å². The first-order chi connectivity index (χ1) is 7.63. The maximum absolute atomic E-state index is 11.2. The Hall–Kier alpha value is -0.900. The lowest BCUT2D eigenvalue weighted by Crippen LogP contribution is -2.36. The molecule has 4 nitrogen and oxygen atoms in total. The van der Waals surface area contributed by atoms with Crippen molar-refractivity contribution in [1.29, 1.82) is 0 Å². The van der Waals surface area contributed by atoms with Gasteiger partial charge in [-0.25, -0.2) is 0 Å². The second-order valence-corrected chi connectivity index (χ2v) is 4.50. The zero-order valence-corrected chi connectivity index (χ0v) is 10.3. The van der Waals surface area contributed by atoms with E-state index in [0.717, 1.165) is 38.9 Å². The van der Waals surface area contributed by atoms with Crippen molar-refractivity contribution in [2.45, 2.75) is 32.6 Å². The van der Waals surface area contributed by atoms with Crippen LogP contribution in [0.4, 0.5) is 0 Å². The van der Waals surface area contributed by atoms with E-state index in [9.17, 15) is 9.59 Å². The van der Waals surface area contributed by atoms with Crippen molar-refractivity contribution >= 4 is 11.7 Å². The lowest BCUT2D eigenvalue weighted by Gasteiger charge is -2.30. The highest BCUT2D eigenvalue weighted by atomic mass is 16.1. The fraction of sp³-hybridized carbons (Fsp3) is 0.833. The number of carbonyl (C=O) groups excluding carboxylic acids is 2. The Balaban J connectivity index is 2.13. The first-order valence-electron chi connectivity index (χ1n) is 6.07. The highest BCUT2D eigenvalue weighted by Gasteiger charge is 2.21. The summed E-state index contributed by atoms with van der Waals surface area (Å²) in [4.78, 5) is 24.5. The number of likely N-dealkylation sites (tertiary alicyclic amines) is 1. The van der Waals surface area contributed by atoms with Gasteiger partial charge < -0.3 is 10.2 Å². The van der Waals surface area contributed by atoms with Crippen molar-refractivity contribution in [2.75, 3.05) is 26.7 Å². The van der Waals surface area contributed by atoms with E-state index in [-0.39, 0.29) is 11.8 Å². The molecular weight excluding hydrogens is 204 g/mol. The predicted octanol–water partition coefficient (Wildman–Crippen LogP) is 0.814. The first kappa shape index (κ1) is 13.2. The number of Topliss-reactive ketones (excluding diaryl/α,β-unsaturated/α-hetero) is 1. The van der Waals surface area contributed by atoms with Crippen LogP contribution in [0.25, 0.3) is 0 Å². The van der Waals surface area contributed by atoms with Crippen LogP contribution < -0.4 is 5.32 Å². The van der Waals surface area contributed by atoms with Crippen molar-refractivity contribution in [3.63, 3.8) is 0 Å². The molecule has 1 saturated heterocycles. The van der Waals surface area contributed by atoms with E-state index in [0.29, 0.717) is 12.2 Å². The number of ketones is 1. The van der Waals surface area contributed by atoms with Crippen LogP contribution in [0.5, 0.6) is 0 Å². The Morgan fingerprint density at radius 1 is 1.31 bits per heavy atom. The minimum absolute atomic E-state index is 0.110. The second kappa shape index (κ2) is 6.63. The summed E-state index contributed by atoms with van der Waals surface area (Å²) in [7, 11) is 1.67. The van der Waals surface area contributed by atoms with E-state index in [4.69, 9.17) is 0 Å². The number of piperidine rings is 1. The van der Waals surface area contributed by atoms with Gasteiger partial charge in [0.15, 0.2) is 0 Å². The highest BCUT2D eigenvalue weighted by Crippen LogP contribution is 2.18. The first-order valence-corrected chi connectivity index (χ1v) is 6.07. The average Bonchev–Trinajstić information content (AvgIpc) is 2.29. The van der Waals surface area contributed by atoms with Crippen molar-refractivity contribution in [3.05, 3.63) is 0 Å². The Kier molecular flexibility index (Phi) is 5.46. The Bertz CT molecular complexity index is 245. The summed E-state index contributed by atoms with van der Waals surface area (Å²) in [5, 5.41) is 2.62. The molecule has 1 fully saturated rings. The summed E-state index contributed by atoms with van der Waals surface area (Å²) in [5.41, 5.74) is 0. The molecule has 1 aliphatic rings. The molecule has 0 spiro atoms. The summed E-state index contributed by atoms with van der Waals surface area (Å²) in [6.07, 6.45) is 3.47. The Morgan fingerprint density at radius 2 is 1.94 bits per heavy atom. The van der Waals surface area contributed by atoms with Crippen molar-refractivity contribution < 1.29 is 9.59 Å². The molecule has 1 heterocycles. The fourth-order valence-corrected chi connectivity index (χ4v) is 2.15. The monoisotopic (exact) mass is 226 g/mol. The molecular formula is C12H22N2O2. The molecule has 16 heavy (non-hydrogen) atoms. The van der Waals surface area contributed by atoms with Crippen LogP contribution in [0.15, 0.2) is 0 Å². The molecule has 1 N–H and O–H groups in total. The maximum Gasteiger partial charge on any atom is 0.219 e. The molecule has 0 bridgehead atoms. The van der Waals surface area contributed by atoms with Gasteiger partial charge in [0.05, 0.1) is 0 Å². The second-order valence-electron chi connectivity index (χ2n) is 4.50. The van der Waals surface area contributed by atoms with E-state index in [1.165, 1.54) is 0 Å². The van der Waals surface area contributed by atoms with Crippen molar-refractivity contribution in [2.24, 2.45) is 5.92 Å². The number of nitrogens with one attached hydrogen (secondary N) is 1. The van der Waals surface area contributed by atoms with Gasteiger partial charge in [-0.15, -0.1) is 0 Å². The van der Waals surface area contributed by atoms with E-state index in [2.05, 4.69) is 10.2 Å². The normalized spacial score (nSPS) is 18.4. The molecule has 1 rings (SSSR count). The Morgan fingerprint density at radius 3 is 2.44 bits per heavy atom. The molecule has 0 radical (unpaired) electrons. The van der Waals surface area contributed by atoms with E-state index in [1.807, 2.05) is 0 Å². The minimum atomic E-state index is 0.110. The lowest BCUT2D eigenvalue weighted by molar-refractivity contribution is -0.122. The number of carbonyl (C=O) groups is 2. The van der Waals surface area contributed by atoms with Gasteiger partial charge in [-0.1, -0.05) is 0 Å². The van der Waals surface area contributed by atoms with Crippen LogP contribution in [0, 0.1) is 5.92 Å². The van der Waals surface area contributed by atoms with Crippen LogP contribution in [-0.4, -0.2) is 43.3 Å². The summed E-state index contributed by atoms with van der Waals surface area (Å²) < 4.78 is 0. The van der Waals surface area contributed by atoms with Crippen LogP contribution in [0.1, 0.15) is 32.6 Å². The number of hydrogen-bond donors (Lipinski definition) is 1. The van der Waals surface area contributed by atoms with Gasteiger partial charge >= 0.3 is 0 Å². The van der Waals surface area contributed by atoms with Gasteiger partial charge in [0.1, 0.15) is 5.78 Å². The SMILES string of the molecule is CNC(=O)CCCN1CCC(C(C)=O)CC1. The summed E-state index contributed by atoms with van der Waals surface area (Å²) in [6.45, 7) is 4.65. The lowest BCUT2D eigenvalue weighted by atomic mass is 9.93. The maximum atomic E-state index is 11.2. The van der Waals surface area contributed by atoms with E-state index in [1.54, 1.807) is 14.0 Å². The standard InChI is InChI=1S/C12H22N2O2/c1-10(15)11-5-8-14(9-6-11)7-3-4-12(16)13-2/h11H,3-9H2,1-2H3,(H,13,16). The molecule has 0 aromatic heterocycles. The molecule has 0 unspecified atom stereocenters. The molecule has 0 aromatic carbocycles. The van der Waals surface area contributed by atoms with Crippen molar-refractivity contribution in [3.8, 4) is 0 Å². The highest BCUT2D eigenvalue weighted by molar-refractivity contribution is 5.78. The van der Waals surface area contributed by atoms with Crippen LogP contribution in [-0.2, 0) is 9.59 Å². The number of nitrogens with zero attached hydrogens (tertiary/aromatic N) is 1. The predicted molar refractivity (Wildman–Crippen MR) is 63.1 cm³/mol. The van der Waals surface area contributed by atoms with Gasteiger partial charge in [0.25, 0.3) is 0 Å². The number of hydrogen-bond acceptors (Lipinski definition) is 3. The fourth-order valence-electron chi connectivity index (χ4n) is 2.15. The third-order valence-electron chi connectivity index (χ3n) is 3.32. The van der Waals surface area contributed by atoms with Gasteiger partial charge in [-0.3, -0.25) is 9.59 Å². The molecule has 1 aliphatic heterocycles. The van der Waals surface area contributed by atoms with E-state index < -0.39 is 0 Å². The van der Waals surface area contributed by atoms with Crippen LogP contribution >= 0.6 is 0 Å². The van der Waals surface area contributed by atoms with Gasteiger partial charge in [0.2, 0.25) is 5.91 Å². The molecule has 4 heteroatoms. The quantitative estimate of drug-likeness (QED) is 0.755. The zero-order chi connectivity index (χ0) is 12.0. The number of amides is 1. The molecule has 0 aromatic rings. The third-order valence-corrected chi connectivity index (χ3v) is 3.32. The molecule has 0 atom stereocenters. The van der Waals surface area contributed by atoms with E-state index >= 15 is 0 Å². The zero-order valence-electron chi connectivity index (χ0n) is 10.3. The van der Waals surface area contributed by atoms with Gasteiger partial charge in [0, 0.05) is 19.4 Å². The third kappa shape index (κ3) is 4.31. The summed E-state index contributed by atoms with van der Waals surface area (Å²) in [6, 6.07) is 0. The molecule has 0 saturated carbocycles. The largest absolute Gasteiger partial charge is 0.359 e. The summed E-state index contributed by atoms with van der Waals surface area (Å²) >= 11 is 0.